The number of carbonyl (C=O) groups is 1. The number of carbonyl (C=O) groups excluding carboxylic acids is 1. The van der Waals surface area contributed by atoms with Gasteiger partial charge >= 0.3 is 5.97 Å². The molecule has 0 saturated carbocycles. The fourth-order valence-corrected chi connectivity index (χ4v) is 1.95. The van der Waals surface area contributed by atoms with Crippen LogP contribution in [0, 0.1) is 0 Å². The average molecular weight is 277 g/mol. The summed E-state index contributed by atoms with van der Waals surface area (Å²) in [6, 6.07) is 10.6. The molecule has 0 N–H and O–H groups in total. The summed E-state index contributed by atoms with van der Waals surface area (Å²) in [5.41, 5.74) is 1.40. The van der Waals surface area contributed by atoms with Gasteiger partial charge in [-0.3, -0.25) is 0 Å². The van der Waals surface area contributed by atoms with E-state index >= 15 is 0 Å². The summed E-state index contributed by atoms with van der Waals surface area (Å²) in [6.45, 7) is 1.85. The summed E-state index contributed by atoms with van der Waals surface area (Å²) in [7, 11) is 1.93. The molecule has 0 bridgehead atoms. The van der Waals surface area contributed by atoms with Crippen molar-refractivity contribution in [3.8, 4) is 0 Å². The molecule has 0 aliphatic carbocycles. The molecule has 0 amide bonds. The number of halogens is 1. The SMILES string of the molecule is C[C@H](OC(=O)c1cccc(Cl)c1)c1ccc[n+](C)c1. The second kappa shape index (κ2) is 5.85. The number of aromatic nitrogens is 1. The normalized spacial score (nSPS) is 11.9. The minimum absolute atomic E-state index is 0.307. The Bertz CT molecular complexity index is 598. The zero-order valence-electron chi connectivity index (χ0n) is 10.8. The van der Waals surface area contributed by atoms with Gasteiger partial charge in [0.05, 0.1) is 11.1 Å². The maximum atomic E-state index is 12.0. The van der Waals surface area contributed by atoms with Gasteiger partial charge in [-0.05, 0) is 31.2 Å². The Balaban J connectivity index is 2.11. The first-order chi connectivity index (χ1) is 9.06. The van der Waals surface area contributed by atoms with Gasteiger partial charge in [-0.1, -0.05) is 17.7 Å². The van der Waals surface area contributed by atoms with E-state index in [9.17, 15) is 4.79 Å². The molecule has 2 aromatic rings. The highest BCUT2D eigenvalue weighted by atomic mass is 35.5. The Hall–Kier alpha value is -1.87. The average Bonchev–Trinajstić information content (AvgIpc) is 2.38. The molecule has 0 aliphatic heterocycles. The summed E-state index contributed by atoms with van der Waals surface area (Å²) in [4.78, 5) is 12.0. The predicted octanol–water partition coefficient (Wildman–Crippen LogP) is 3.08. The summed E-state index contributed by atoms with van der Waals surface area (Å²) in [5.74, 6) is -0.374. The van der Waals surface area contributed by atoms with Crippen molar-refractivity contribution in [2.24, 2.45) is 7.05 Å². The van der Waals surface area contributed by atoms with Gasteiger partial charge in [-0.25, -0.2) is 9.36 Å². The fourth-order valence-electron chi connectivity index (χ4n) is 1.76. The summed E-state index contributed by atoms with van der Waals surface area (Å²) in [6.07, 6.45) is 3.55. The van der Waals surface area contributed by atoms with Crippen molar-refractivity contribution in [1.82, 2.24) is 0 Å². The Morgan fingerprint density at radius 2 is 2.11 bits per heavy atom. The maximum Gasteiger partial charge on any atom is 0.338 e. The number of nitrogens with zero attached hydrogens (tertiary/aromatic N) is 1. The van der Waals surface area contributed by atoms with E-state index in [0.29, 0.717) is 10.6 Å². The van der Waals surface area contributed by atoms with Gasteiger partial charge in [0.2, 0.25) is 0 Å². The van der Waals surface area contributed by atoms with Gasteiger partial charge in [-0.15, -0.1) is 0 Å². The molecule has 1 aromatic carbocycles. The Morgan fingerprint density at radius 3 is 2.79 bits per heavy atom. The van der Waals surface area contributed by atoms with Crippen molar-refractivity contribution in [3.63, 3.8) is 0 Å². The van der Waals surface area contributed by atoms with Crippen LogP contribution in [0.5, 0.6) is 0 Å². The number of aryl methyl sites for hydroxylation is 1. The minimum Gasteiger partial charge on any atom is -0.454 e. The highest BCUT2D eigenvalue weighted by Crippen LogP contribution is 2.18. The van der Waals surface area contributed by atoms with E-state index in [-0.39, 0.29) is 12.1 Å². The smallest absolute Gasteiger partial charge is 0.338 e. The van der Waals surface area contributed by atoms with Crippen LogP contribution >= 0.6 is 11.6 Å². The van der Waals surface area contributed by atoms with Gasteiger partial charge in [0.1, 0.15) is 13.2 Å². The van der Waals surface area contributed by atoms with E-state index in [0.717, 1.165) is 5.56 Å². The molecular weight excluding hydrogens is 262 g/mol. The Morgan fingerprint density at radius 1 is 1.32 bits per heavy atom. The van der Waals surface area contributed by atoms with Crippen molar-refractivity contribution in [1.29, 1.82) is 0 Å². The van der Waals surface area contributed by atoms with E-state index in [1.54, 1.807) is 24.3 Å². The lowest BCUT2D eigenvalue weighted by Crippen LogP contribution is -2.27. The molecule has 19 heavy (non-hydrogen) atoms. The van der Waals surface area contributed by atoms with Gasteiger partial charge in [-0.2, -0.15) is 0 Å². The highest BCUT2D eigenvalue weighted by molar-refractivity contribution is 6.30. The van der Waals surface area contributed by atoms with Crippen molar-refractivity contribution in [2.45, 2.75) is 13.0 Å². The third kappa shape index (κ3) is 3.55. The molecule has 0 aliphatic rings. The van der Waals surface area contributed by atoms with Crippen molar-refractivity contribution in [2.75, 3.05) is 0 Å². The molecule has 0 fully saturated rings. The second-order valence-electron chi connectivity index (χ2n) is 4.36. The minimum atomic E-state index is -0.374. The monoisotopic (exact) mass is 276 g/mol. The number of hydrogen-bond acceptors (Lipinski definition) is 2. The van der Waals surface area contributed by atoms with E-state index < -0.39 is 0 Å². The topological polar surface area (TPSA) is 30.2 Å². The fraction of sp³-hybridized carbons (Fsp3) is 0.200. The zero-order valence-corrected chi connectivity index (χ0v) is 11.6. The lowest BCUT2D eigenvalue weighted by Gasteiger charge is -2.12. The number of benzene rings is 1. The van der Waals surface area contributed by atoms with E-state index in [1.807, 2.05) is 43.1 Å². The number of rotatable bonds is 3. The number of hydrogen-bond donors (Lipinski definition) is 0. The summed E-state index contributed by atoms with van der Waals surface area (Å²) < 4.78 is 7.34. The molecule has 0 saturated heterocycles. The largest absolute Gasteiger partial charge is 0.454 e. The van der Waals surface area contributed by atoms with Gasteiger partial charge in [0.25, 0.3) is 0 Å². The molecule has 2 rings (SSSR count). The standard InChI is InChI=1S/C15H15ClNO2/c1-11(13-6-4-8-17(2)10-13)19-15(18)12-5-3-7-14(16)9-12/h3-11H,1-2H3/q+1/t11-/m0/s1. The maximum absolute atomic E-state index is 12.0. The van der Waals surface area contributed by atoms with Crippen LogP contribution in [-0.4, -0.2) is 5.97 Å². The van der Waals surface area contributed by atoms with Gasteiger partial charge < -0.3 is 4.74 Å². The first kappa shape index (κ1) is 13.6. The lowest BCUT2D eigenvalue weighted by molar-refractivity contribution is -0.672. The van der Waals surface area contributed by atoms with Crippen LogP contribution in [0.2, 0.25) is 5.02 Å². The zero-order chi connectivity index (χ0) is 13.8. The summed E-state index contributed by atoms with van der Waals surface area (Å²) >= 11 is 5.85. The van der Waals surface area contributed by atoms with Crippen LogP contribution in [0.4, 0.5) is 0 Å². The first-order valence-corrected chi connectivity index (χ1v) is 6.36. The van der Waals surface area contributed by atoms with Crippen LogP contribution in [0.25, 0.3) is 0 Å². The van der Waals surface area contributed by atoms with Gasteiger partial charge in [0, 0.05) is 11.1 Å². The summed E-state index contributed by atoms with van der Waals surface area (Å²) in [5, 5.41) is 0.521. The van der Waals surface area contributed by atoms with Crippen LogP contribution in [0.15, 0.2) is 48.8 Å². The van der Waals surface area contributed by atoms with E-state index in [1.165, 1.54) is 0 Å². The molecule has 0 unspecified atom stereocenters. The van der Waals surface area contributed by atoms with Crippen LogP contribution in [0.3, 0.4) is 0 Å². The number of ether oxygens (including phenoxy) is 1. The lowest BCUT2D eigenvalue weighted by atomic mass is 10.2. The third-order valence-corrected chi connectivity index (χ3v) is 3.01. The first-order valence-electron chi connectivity index (χ1n) is 5.98. The van der Waals surface area contributed by atoms with Crippen LogP contribution < -0.4 is 4.57 Å². The van der Waals surface area contributed by atoms with Crippen molar-refractivity contribution in [3.05, 3.63) is 64.9 Å². The molecule has 3 nitrogen and oxygen atoms in total. The Kier molecular flexibility index (Phi) is 4.17. The molecule has 1 heterocycles. The van der Waals surface area contributed by atoms with E-state index in [4.69, 9.17) is 16.3 Å². The highest BCUT2D eigenvalue weighted by Gasteiger charge is 2.15. The molecule has 0 spiro atoms. The quantitative estimate of drug-likeness (QED) is 0.637. The van der Waals surface area contributed by atoms with Crippen molar-refractivity contribution < 1.29 is 14.1 Å². The molecule has 0 radical (unpaired) electrons. The third-order valence-electron chi connectivity index (χ3n) is 2.78. The molecule has 1 atom stereocenters. The molecule has 4 heteroatoms. The molecule has 1 aromatic heterocycles. The molecule has 98 valence electrons. The van der Waals surface area contributed by atoms with Crippen LogP contribution in [0.1, 0.15) is 28.9 Å². The molecular formula is C15H15ClNO2+. The van der Waals surface area contributed by atoms with Gasteiger partial charge in [0.15, 0.2) is 12.4 Å². The second-order valence-corrected chi connectivity index (χ2v) is 4.80. The van der Waals surface area contributed by atoms with E-state index in [2.05, 4.69) is 0 Å². The van der Waals surface area contributed by atoms with Crippen LogP contribution in [-0.2, 0) is 11.8 Å². The Labute approximate surface area is 117 Å². The van der Waals surface area contributed by atoms with Crippen molar-refractivity contribution >= 4 is 17.6 Å². The number of esters is 1. The number of pyridine rings is 1. The predicted molar refractivity (Wildman–Crippen MR) is 72.9 cm³/mol.